The van der Waals surface area contributed by atoms with E-state index in [0.29, 0.717) is 19.5 Å². The van der Waals surface area contributed by atoms with Gasteiger partial charge in [-0.2, -0.15) is 4.31 Å². The molecule has 20 heavy (non-hydrogen) atoms. The van der Waals surface area contributed by atoms with Crippen LogP contribution in [0.15, 0.2) is 23.1 Å². The molecule has 1 aromatic carbocycles. The van der Waals surface area contributed by atoms with Crippen LogP contribution in [0.25, 0.3) is 0 Å². The molecule has 1 fully saturated rings. The smallest absolute Gasteiger partial charge is 0.246 e. The molecule has 1 saturated heterocycles. The standard InChI is InChI=1S/C13H19ClN2O3S/c14-11-4-1-5-12(15)13(11)20(18,19)16-7-2-3-10(9-16)6-8-17/h1,4-5,10,17H,2-3,6-9,15H2. The summed E-state index contributed by atoms with van der Waals surface area (Å²) in [7, 11) is -3.68. The number of anilines is 1. The van der Waals surface area contributed by atoms with E-state index in [-0.39, 0.29) is 28.1 Å². The van der Waals surface area contributed by atoms with Crippen molar-refractivity contribution in [1.82, 2.24) is 4.31 Å². The molecule has 0 saturated carbocycles. The summed E-state index contributed by atoms with van der Waals surface area (Å²) in [6, 6.07) is 4.69. The molecule has 1 heterocycles. The van der Waals surface area contributed by atoms with Crippen LogP contribution in [0.2, 0.25) is 5.02 Å². The predicted octanol–water partition coefficient (Wildman–Crippen LogP) is 1.71. The summed E-state index contributed by atoms with van der Waals surface area (Å²) in [5.74, 6) is 0.187. The van der Waals surface area contributed by atoms with Crippen molar-refractivity contribution in [3.8, 4) is 0 Å². The van der Waals surface area contributed by atoms with Gasteiger partial charge in [0.15, 0.2) is 0 Å². The Kier molecular flexibility index (Phi) is 4.90. The minimum atomic E-state index is -3.68. The maximum atomic E-state index is 12.7. The molecule has 0 aliphatic carbocycles. The van der Waals surface area contributed by atoms with Gasteiger partial charge in [-0.25, -0.2) is 8.42 Å². The Bertz CT molecular complexity index is 555. The summed E-state index contributed by atoms with van der Waals surface area (Å²) in [6.07, 6.45) is 2.34. The fourth-order valence-corrected chi connectivity index (χ4v) is 4.78. The van der Waals surface area contributed by atoms with Crippen molar-refractivity contribution in [2.45, 2.75) is 24.2 Å². The lowest BCUT2D eigenvalue weighted by Gasteiger charge is -2.32. The highest BCUT2D eigenvalue weighted by Crippen LogP contribution is 2.32. The molecule has 5 nitrogen and oxygen atoms in total. The summed E-state index contributed by atoms with van der Waals surface area (Å²) >= 11 is 6.00. The number of halogens is 1. The van der Waals surface area contributed by atoms with Crippen LogP contribution in [0.1, 0.15) is 19.3 Å². The molecule has 112 valence electrons. The zero-order valence-electron chi connectivity index (χ0n) is 11.1. The summed E-state index contributed by atoms with van der Waals surface area (Å²) in [4.78, 5) is -0.00804. The number of hydrogen-bond acceptors (Lipinski definition) is 4. The van der Waals surface area contributed by atoms with Gasteiger partial charge in [0.05, 0.1) is 10.7 Å². The van der Waals surface area contributed by atoms with E-state index in [0.717, 1.165) is 12.8 Å². The Balaban J connectivity index is 2.30. The molecule has 1 aliphatic heterocycles. The van der Waals surface area contributed by atoms with E-state index in [1.54, 1.807) is 6.07 Å². The van der Waals surface area contributed by atoms with E-state index >= 15 is 0 Å². The third-order valence-electron chi connectivity index (χ3n) is 3.61. The van der Waals surface area contributed by atoms with Gasteiger partial charge in [0.25, 0.3) is 0 Å². The maximum Gasteiger partial charge on any atom is 0.246 e. The fourth-order valence-electron chi connectivity index (χ4n) is 2.59. The summed E-state index contributed by atoms with van der Waals surface area (Å²) in [6.45, 7) is 0.954. The number of piperidine rings is 1. The molecular weight excluding hydrogens is 300 g/mol. The molecule has 0 aromatic heterocycles. The molecule has 7 heteroatoms. The first-order valence-corrected chi connectivity index (χ1v) is 8.43. The highest BCUT2D eigenvalue weighted by Gasteiger charge is 2.32. The molecule has 1 aliphatic rings. The Morgan fingerprint density at radius 1 is 1.45 bits per heavy atom. The second kappa shape index (κ2) is 6.30. The normalized spacial score (nSPS) is 21.0. The van der Waals surface area contributed by atoms with Crippen molar-refractivity contribution in [1.29, 1.82) is 0 Å². The van der Waals surface area contributed by atoms with Crippen LogP contribution in [0.5, 0.6) is 0 Å². The monoisotopic (exact) mass is 318 g/mol. The molecule has 1 atom stereocenters. The van der Waals surface area contributed by atoms with Crippen molar-refractivity contribution in [2.24, 2.45) is 5.92 Å². The van der Waals surface area contributed by atoms with Crippen LogP contribution < -0.4 is 5.73 Å². The van der Waals surface area contributed by atoms with Crippen molar-refractivity contribution < 1.29 is 13.5 Å². The van der Waals surface area contributed by atoms with Gasteiger partial charge < -0.3 is 10.8 Å². The summed E-state index contributed by atoms with van der Waals surface area (Å²) in [5, 5.41) is 9.15. The Hall–Kier alpha value is -0.820. The molecule has 0 bridgehead atoms. The molecule has 0 amide bonds. The molecule has 1 unspecified atom stereocenters. The van der Waals surface area contributed by atoms with Crippen LogP contribution in [0, 0.1) is 5.92 Å². The molecule has 2 rings (SSSR count). The van der Waals surface area contributed by atoms with E-state index < -0.39 is 10.0 Å². The van der Waals surface area contributed by atoms with Crippen LogP contribution in [0.3, 0.4) is 0 Å². The number of nitrogens with two attached hydrogens (primary N) is 1. The van der Waals surface area contributed by atoms with Crippen molar-refractivity contribution >= 4 is 27.3 Å². The van der Waals surface area contributed by atoms with E-state index in [2.05, 4.69) is 0 Å². The third kappa shape index (κ3) is 3.09. The number of benzene rings is 1. The van der Waals surface area contributed by atoms with Crippen molar-refractivity contribution in [3.63, 3.8) is 0 Å². The highest BCUT2D eigenvalue weighted by molar-refractivity contribution is 7.89. The topological polar surface area (TPSA) is 83.6 Å². The number of rotatable bonds is 4. The van der Waals surface area contributed by atoms with Crippen LogP contribution >= 0.6 is 11.6 Å². The van der Waals surface area contributed by atoms with Gasteiger partial charge in [-0.05, 0) is 37.3 Å². The van der Waals surface area contributed by atoms with Gasteiger partial charge in [-0.3, -0.25) is 0 Å². The largest absolute Gasteiger partial charge is 0.398 e. The zero-order chi connectivity index (χ0) is 14.8. The Morgan fingerprint density at radius 2 is 2.20 bits per heavy atom. The summed E-state index contributed by atoms with van der Waals surface area (Å²) in [5.41, 5.74) is 5.95. The third-order valence-corrected chi connectivity index (χ3v) is 6.02. The average Bonchev–Trinajstić information content (AvgIpc) is 2.39. The molecular formula is C13H19ClN2O3S. The number of nitrogen functional groups attached to an aromatic ring is 1. The Labute approximate surface area is 124 Å². The quantitative estimate of drug-likeness (QED) is 0.828. The van der Waals surface area contributed by atoms with Crippen LogP contribution in [-0.4, -0.2) is 37.5 Å². The predicted molar refractivity (Wildman–Crippen MR) is 79.1 cm³/mol. The SMILES string of the molecule is Nc1cccc(Cl)c1S(=O)(=O)N1CCCC(CCO)C1. The molecule has 0 spiro atoms. The first-order valence-electron chi connectivity index (χ1n) is 6.62. The first-order chi connectivity index (χ1) is 9.46. The second-order valence-electron chi connectivity index (χ2n) is 5.04. The minimum Gasteiger partial charge on any atom is -0.398 e. The summed E-state index contributed by atoms with van der Waals surface area (Å²) < 4.78 is 26.8. The minimum absolute atomic E-state index is 0.00804. The number of hydrogen-bond donors (Lipinski definition) is 2. The van der Waals surface area contributed by atoms with Gasteiger partial charge in [-0.1, -0.05) is 17.7 Å². The Morgan fingerprint density at radius 3 is 2.85 bits per heavy atom. The average molecular weight is 319 g/mol. The van der Waals surface area contributed by atoms with Gasteiger partial charge in [0, 0.05) is 19.7 Å². The lowest BCUT2D eigenvalue weighted by atomic mass is 9.97. The van der Waals surface area contributed by atoms with Gasteiger partial charge in [-0.15, -0.1) is 0 Å². The highest BCUT2D eigenvalue weighted by atomic mass is 35.5. The van der Waals surface area contributed by atoms with Gasteiger partial charge in [0.2, 0.25) is 10.0 Å². The molecule has 3 N–H and O–H groups in total. The lowest BCUT2D eigenvalue weighted by Crippen LogP contribution is -2.40. The number of sulfonamides is 1. The van der Waals surface area contributed by atoms with Gasteiger partial charge in [0.1, 0.15) is 4.90 Å². The zero-order valence-corrected chi connectivity index (χ0v) is 12.7. The van der Waals surface area contributed by atoms with Gasteiger partial charge >= 0.3 is 0 Å². The molecule has 1 aromatic rings. The lowest BCUT2D eigenvalue weighted by molar-refractivity contribution is 0.203. The number of aliphatic hydroxyl groups excluding tert-OH is 1. The fraction of sp³-hybridized carbons (Fsp3) is 0.538. The molecule has 0 radical (unpaired) electrons. The van der Waals surface area contributed by atoms with E-state index in [1.165, 1.54) is 16.4 Å². The first kappa shape index (κ1) is 15.6. The number of nitrogens with zero attached hydrogens (tertiary/aromatic N) is 1. The van der Waals surface area contributed by atoms with Crippen LogP contribution in [-0.2, 0) is 10.0 Å². The maximum absolute atomic E-state index is 12.7. The van der Waals surface area contributed by atoms with E-state index in [1.807, 2.05) is 0 Å². The van der Waals surface area contributed by atoms with E-state index in [9.17, 15) is 8.42 Å². The van der Waals surface area contributed by atoms with Crippen molar-refractivity contribution in [3.05, 3.63) is 23.2 Å². The van der Waals surface area contributed by atoms with E-state index in [4.69, 9.17) is 22.4 Å². The van der Waals surface area contributed by atoms with Crippen LogP contribution in [0.4, 0.5) is 5.69 Å². The second-order valence-corrected chi connectivity index (χ2v) is 7.32. The van der Waals surface area contributed by atoms with Crippen molar-refractivity contribution in [2.75, 3.05) is 25.4 Å². The number of aliphatic hydroxyl groups is 1.